The van der Waals surface area contributed by atoms with Gasteiger partial charge in [0.15, 0.2) is 0 Å². The lowest BCUT2D eigenvalue weighted by Crippen LogP contribution is -2.25. The van der Waals surface area contributed by atoms with Crippen molar-refractivity contribution in [2.24, 2.45) is 0 Å². The number of anilines is 1. The summed E-state index contributed by atoms with van der Waals surface area (Å²) in [6, 6.07) is 9.85. The molecule has 1 aliphatic heterocycles. The molecule has 176 valence electrons. The van der Waals surface area contributed by atoms with E-state index in [0.29, 0.717) is 40.6 Å². The maximum Gasteiger partial charge on any atom is 0.388 e. The van der Waals surface area contributed by atoms with Crippen LogP contribution >= 0.6 is 11.9 Å². The zero-order valence-electron chi connectivity index (χ0n) is 18.2. The van der Waals surface area contributed by atoms with Crippen LogP contribution in [0.4, 0.5) is 19.3 Å². The van der Waals surface area contributed by atoms with E-state index in [2.05, 4.69) is 30.9 Å². The van der Waals surface area contributed by atoms with Crippen LogP contribution in [-0.2, 0) is 12.0 Å². The van der Waals surface area contributed by atoms with Crippen LogP contribution in [0.2, 0.25) is 0 Å². The highest BCUT2D eigenvalue weighted by molar-refractivity contribution is 7.97. The number of pyridine rings is 1. The number of aromatic nitrogens is 3. The predicted molar refractivity (Wildman–Crippen MR) is 121 cm³/mol. The van der Waals surface area contributed by atoms with Gasteiger partial charge in [0.25, 0.3) is 0 Å². The lowest BCUT2D eigenvalue weighted by atomic mass is 9.99. The Morgan fingerprint density at radius 2 is 2.18 bits per heavy atom. The molecule has 1 aromatic carbocycles. The number of amides is 2. The van der Waals surface area contributed by atoms with E-state index in [0.717, 1.165) is 17.5 Å². The number of carbonyl (C=O) groups is 1. The highest BCUT2D eigenvalue weighted by Gasteiger charge is 2.23. The number of rotatable bonds is 7. The number of nitriles is 1. The number of hydrogen-bond acceptors (Lipinski definition) is 7. The molecule has 0 spiro atoms. The molecule has 3 heterocycles. The Morgan fingerprint density at radius 3 is 2.94 bits per heavy atom. The molecule has 0 bridgehead atoms. The van der Waals surface area contributed by atoms with Crippen molar-refractivity contribution >= 4 is 23.7 Å². The van der Waals surface area contributed by atoms with Crippen molar-refractivity contribution in [2.75, 3.05) is 11.9 Å². The molecule has 34 heavy (non-hydrogen) atoms. The van der Waals surface area contributed by atoms with Gasteiger partial charge < -0.3 is 14.8 Å². The van der Waals surface area contributed by atoms with Gasteiger partial charge in [0.05, 0.1) is 18.4 Å². The molecule has 0 radical (unpaired) electrons. The summed E-state index contributed by atoms with van der Waals surface area (Å²) in [6.07, 6.45) is 3.59. The predicted octanol–water partition coefficient (Wildman–Crippen LogP) is 4.57. The number of benzene rings is 1. The minimum atomic E-state index is -3.00. The van der Waals surface area contributed by atoms with E-state index < -0.39 is 18.2 Å². The van der Waals surface area contributed by atoms with Gasteiger partial charge in [-0.2, -0.15) is 19.1 Å². The standard InChI is InChI=1S/C22H20F2N6O3S/c1-22(2,12-25)30-9-6-18(28-30)34-29-21(31)27-19-14(3-4-16-15(19)7-10-32-16)13-5-8-26-17(11-13)33-20(23)24/h3-6,8-9,11,20H,7,10H2,1-2H3,(H2,27,29,31). The Hall–Kier alpha value is -3.85. The van der Waals surface area contributed by atoms with Crippen molar-refractivity contribution in [3.63, 3.8) is 0 Å². The van der Waals surface area contributed by atoms with Crippen molar-refractivity contribution in [1.29, 1.82) is 5.26 Å². The molecule has 9 nitrogen and oxygen atoms in total. The van der Waals surface area contributed by atoms with E-state index in [1.807, 2.05) is 0 Å². The Bertz CT molecular complexity index is 1260. The van der Waals surface area contributed by atoms with Gasteiger partial charge in [0, 0.05) is 48.0 Å². The van der Waals surface area contributed by atoms with Gasteiger partial charge >= 0.3 is 12.6 Å². The minimum absolute atomic E-state index is 0.230. The molecule has 4 rings (SSSR count). The Morgan fingerprint density at radius 1 is 1.35 bits per heavy atom. The third-order valence-corrected chi connectivity index (χ3v) is 5.75. The number of hydrogen-bond donors (Lipinski definition) is 2. The largest absolute Gasteiger partial charge is 0.493 e. The van der Waals surface area contributed by atoms with Crippen LogP contribution in [0.3, 0.4) is 0 Å². The summed E-state index contributed by atoms with van der Waals surface area (Å²) < 4.78 is 39.5. The lowest BCUT2D eigenvalue weighted by molar-refractivity contribution is -0.0528. The number of carbonyl (C=O) groups excluding carboxylic acids is 1. The maximum atomic E-state index is 12.7. The molecule has 3 aromatic rings. The first-order valence-corrected chi connectivity index (χ1v) is 11.0. The first-order chi connectivity index (χ1) is 16.3. The second-order valence-electron chi connectivity index (χ2n) is 7.75. The van der Waals surface area contributed by atoms with Gasteiger partial charge in [-0.05, 0) is 43.7 Å². The van der Waals surface area contributed by atoms with Crippen molar-refractivity contribution in [3.8, 4) is 28.8 Å². The summed E-state index contributed by atoms with van der Waals surface area (Å²) in [5.74, 6) is 0.411. The molecule has 0 saturated heterocycles. The van der Waals surface area contributed by atoms with E-state index in [4.69, 9.17) is 4.74 Å². The second kappa shape index (κ2) is 9.56. The number of alkyl halides is 2. The zero-order chi connectivity index (χ0) is 24.3. The molecule has 2 aromatic heterocycles. The Balaban J connectivity index is 1.54. The van der Waals surface area contributed by atoms with Crippen LogP contribution < -0.4 is 19.5 Å². The normalized spacial score (nSPS) is 12.6. The summed E-state index contributed by atoms with van der Waals surface area (Å²) in [4.78, 5) is 16.5. The zero-order valence-corrected chi connectivity index (χ0v) is 19.0. The number of urea groups is 1. The fraction of sp³-hybridized carbons (Fsp3) is 0.273. The van der Waals surface area contributed by atoms with Gasteiger partial charge in [-0.1, -0.05) is 0 Å². The third kappa shape index (κ3) is 5.04. The second-order valence-corrected chi connectivity index (χ2v) is 8.58. The van der Waals surface area contributed by atoms with E-state index >= 15 is 0 Å². The monoisotopic (exact) mass is 486 g/mol. The van der Waals surface area contributed by atoms with Crippen molar-refractivity contribution in [2.45, 2.75) is 37.4 Å². The average molecular weight is 487 g/mol. The van der Waals surface area contributed by atoms with Gasteiger partial charge in [-0.25, -0.2) is 9.78 Å². The molecule has 1 aliphatic rings. The Kier molecular flexibility index (Phi) is 6.56. The smallest absolute Gasteiger partial charge is 0.388 e. The quantitative estimate of drug-likeness (QED) is 0.470. The van der Waals surface area contributed by atoms with Crippen molar-refractivity contribution < 1.29 is 23.0 Å². The lowest BCUT2D eigenvalue weighted by Gasteiger charge is -2.16. The molecule has 0 unspecified atom stereocenters. The van der Waals surface area contributed by atoms with Crippen LogP contribution in [0.15, 0.2) is 47.8 Å². The van der Waals surface area contributed by atoms with Gasteiger partial charge in [-0.15, -0.1) is 0 Å². The molecule has 0 atom stereocenters. The van der Waals surface area contributed by atoms with Crippen molar-refractivity contribution in [3.05, 3.63) is 48.3 Å². The molecular formula is C22H20F2N6O3S. The van der Waals surface area contributed by atoms with Gasteiger partial charge in [0.1, 0.15) is 16.3 Å². The highest BCUT2D eigenvalue weighted by atomic mass is 32.2. The molecule has 2 N–H and O–H groups in total. The number of halogens is 2. The first-order valence-electron chi connectivity index (χ1n) is 10.2. The number of nitrogens with one attached hydrogen (secondary N) is 2. The first kappa shape index (κ1) is 23.3. The maximum absolute atomic E-state index is 12.7. The van der Waals surface area contributed by atoms with Crippen LogP contribution in [0, 0.1) is 11.3 Å². The third-order valence-electron chi connectivity index (χ3n) is 5.03. The summed E-state index contributed by atoms with van der Waals surface area (Å²) >= 11 is 0.991. The molecule has 12 heteroatoms. The number of nitrogens with zero attached hydrogens (tertiary/aromatic N) is 4. The highest BCUT2D eigenvalue weighted by Crippen LogP contribution is 2.40. The molecule has 0 saturated carbocycles. The fourth-order valence-corrected chi connectivity index (χ4v) is 3.86. The molecular weight excluding hydrogens is 466 g/mol. The number of ether oxygens (including phenoxy) is 2. The molecule has 0 fully saturated rings. The van der Waals surface area contributed by atoms with Crippen LogP contribution in [0.1, 0.15) is 19.4 Å². The van der Waals surface area contributed by atoms with E-state index in [9.17, 15) is 18.8 Å². The SMILES string of the molecule is CC(C)(C#N)n1ccc(SNC(=O)Nc2c(-c3ccnc(OC(F)F)c3)ccc3c2CCO3)n1. The van der Waals surface area contributed by atoms with E-state index in [1.165, 1.54) is 16.9 Å². The van der Waals surface area contributed by atoms with Crippen molar-refractivity contribution in [1.82, 2.24) is 19.5 Å². The summed E-state index contributed by atoms with van der Waals surface area (Å²) in [7, 11) is 0. The van der Waals surface area contributed by atoms with E-state index in [1.54, 1.807) is 44.3 Å². The summed E-state index contributed by atoms with van der Waals surface area (Å²) in [5, 5.41) is 16.9. The van der Waals surface area contributed by atoms with Gasteiger partial charge in [-0.3, -0.25) is 9.40 Å². The number of fused-ring (bicyclic) bond motifs is 1. The summed E-state index contributed by atoms with van der Waals surface area (Å²) in [5.41, 5.74) is 1.62. The Labute approximate surface area is 198 Å². The summed E-state index contributed by atoms with van der Waals surface area (Å²) in [6.45, 7) is 0.918. The van der Waals surface area contributed by atoms with Crippen LogP contribution in [0.5, 0.6) is 11.6 Å². The van der Waals surface area contributed by atoms with Crippen LogP contribution in [-0.4, -0.2) is 34.0 Å². The molecule has 0 aliphatic carbocycles. The molecule has 2 amide bonds. The topological polar surface area (TPSA) is 114 Å². The van der Waals surface area contributed by atoms with Gasteiger partial charge in [0.2, 0.25) is 5.88 Å². The average Bonchev–Trinajstić information content (AvgIpc) is 3.48. The van der Waals surface area contributed by atoms with E-state index in [-0.39, 0.29) is 5.88 Å². The fourth-order valence-electron chi connectivity index (χ4n) is 3.35. The van der Waals surface area contributed by atoms with Crippen LogP contribution in [0.25, 0.3) is 11.1 Å². The minimum Gasteiger partial charge on any atom is -0.493 e.